The minimum atomic E-state index is -4.00. The van der Waals surface area contributed by atoms with Crippen molar-refractivity contribution < 1.29 is 17.9 Å². The number of carbonyl (C=O) groups excluding carboxylic acids is 1. The molecule has 2 aromatic rings. The molecule has 2 N–H and O–H groups in total. The number of ketones is 1. The van der Waals surface area contributed by atoms with E-state index in [2.05, 4.69) is 6.92 Å². The van der Waals surface area contributed by atoms with E-state index in [-0.39, 0.29) is 21.3 Å². The van der Waals surface area contributed by atoms with Crippen LogP contribution in [0.4, 0.5) is 0 Å². The van der Waals surface area contributed by atoms with E-state index in [1.54, 1.807) is 24.3 Å². The molecule has 7 heteroatoms. The highest BCUT2D eigenvalue weighted by Gasteiger charge is 2.17. The Balaban J connectivity index is 2.15. The maximum atomic E-state index is 12.5. The molecule has 0 aliphatic heterocycles. The van der Waals surface area contributed by atoms with Gasteiger partial charge in [0.05, 0.1) is 11.6 Å². The molecule has 2 aromatic carbocycles. The van der Waals surface area contributed by atoms with Gasteiger partial charge in [0.1, 0.15) is 10.6 Å². The van der Waals surface area contributed by atoms with Crippen LogP contribution in [0.1, 0.15) is 42.1 Å². The van der Waals surface area contributed by atoms with Crippen LogP contribution in [-0.4, -0.2) is 20.8 Å². The molecular weight excluding hydrogens is 362 g/mol. The molecule has 0 fully saturated rings. The molecule has 0 saturated carbocycles. The van der Waals surface area contributed by atoms with Gasteiger partial charge in [0.2, 0.25) is 10.0 Å². The van der Waals surface area contributed by atoms with Crippen molar-refractivity contribution in [2.24, 2.45) is 5.14 Å². The Morgan fingerprint density at radius 3 is 2.32 bits per heavy atom. The van der Waals surface area contributed by atoms with E-state index in [1.807, 2.05) is 0 Å². The molecule has 2 rings (SSSR count). The van der Waals surface area contributed by atoms with Crippen molar-refractivity contribution in [3.8, 4) is 5.75 Å². The Morgan fingerprint density at radius 2 is 1.72 bits per heavy atom. The average Bonchev–Trinajstić information content (AvgIpc) is 2.58. The summed E-state index contributed by atoms with van der Waals surface area (Å²) in [5, 5.41) is 5.09. The highest BCUT2D eigenvalue weighted by Crippen LogP contribution is 2.23. The molecular formula is C18H20ClNO4S. The lowest BCUT2D eigenvalue weighted by molar-refractivity contribution is 0.103. The van der Waals surface area contributed by atoms with Gasteiger partial charge in [0.15, 0.2) is 5.78 Å². The number of hydrogen-bond donors (Lipinski definition) is 1. The largest absolute Gasteiger partial charge is 0.494 e. The van der Waals surface area contributed by atoms with Gasteiger partial charge in [-0.1, -0.05) is 31.4 Å². The molecule has 0 saturated heterocycles. The third-order valence-corrected chi connectivity index (χ3v) is 5.03. The first kappa shape index (κ1) is 19.4. The fourth-order valence-corrected chi connectivity index (χ4v) is 3.35. The van der Waals surface area contributed by atoms with Crippen LogP contribution in [0.2, 0.25) is 5.02 Å². The number of unbranched alkanes of at least 4 members (excludes halogenated alkanes) is 2. The SMILES string of the molecule is CCCCCOc1ccc(C(=O)c2ccc(Cl)c(S(N)(=O)=O)c2)cc1. The Morgan fingerprint density at radius 1 is 1.08 bits per heavy atom. The molecule has 0 aliphatic carbocycles. The monoisotopic (exact) mass is 381 g/mol. The summed E-state index contributed by atoms with van der Waals surface area (Å²) in [5.74, 6) is 0.369. The van der Waals surface area contributed by atoms with E-state index in [0.29, 0.717) is 17.9 Å². The Labute approximate surface area is 152 Å². The number of rotatable bonds is 8. The van der Waals surface area contributed by atoms with Gasteiger partial charge in [-0.05, 0) is 48.9 Å². The fraction of sp³-hybridized carbons (Fsp3) is 0.278. The molecule has 0 unspecified atom stereocenters. The quantitative estimate of drug-likeness (QED) is 0.556. The predicted molar refractivity (Wildman–Crippen MR) is 97.7 cm³/mol. The molecule has 0 amide bonds. The number of primary sulfonamides is 1. The van der Waals surface area contributed by atoms with Crippen LogP contribution in [0.25, 0.3) is 0 Å². The minimum Gasteiger partial charge on any atom is -0.494 e. The van der Waals surface area contributed by atoms with Gasteiger partial charge in [-0.15, -0.1) is 0 Å². The lowest BCUT2D eigenvalue weighted by Gasteiger charge is -2.08. The Kier molecular flexibility index (Phi) is 6.58. The second kappa shape index (κ2) is 8.47. The zero-order valence-corrected chi connectivity index (χ0v) is 15.4. The standard InChI is InChI=1S/C18H20ClNO4S/c1-2-3-4-11-24-15-8-5-13(6-9-15)18(21)14-7-10-16(19)17(12-14)25(20,22)23/h5-10,12H,2-4,11H2,1H3,(H2,20,22,23). The normalized spacial score (nSPS) is 11.3. The third-order valence-electron chi connectivity index (χ3n) is 3.63. The van der Waals surface area contributed by atoms with E-state index in [4.69, 9.17) is 21.5 Å². The molecule has 25 heavy (non-hydrogen) atoms. The van der Waals surface area contributed by atoms with Crippen molar-refractivity contribution in [2.75, 3.05) is 6.61 Å². The van der Waals surface area contributed by atoms with Crippen LogP contribution in [0.5, 0.6) is 5.75 Å². The van der Waals surface area contributed by atoms with Crippen LogP contribution in [-0.2, 0) is 10.0 Å². The number of nitrogens with two attached hydrogens (primary N) is 1. The van der Waals surface area contributed by atoms with E-state index in [9.17, 15) is 13.2 Å². The lowest BCUT2D eigenvalue weighted by Crippen LogP contribution is -2.14. The minimum absolute atomic E-state index is 0.0186. The maximum absolute atomic E-state index is 12.5. The highest BCUT2D eigenvalue weighted by atomic mass is 35.5. The van der Waals surface area contributed by atoms with E-state index in [1.165, 1.54) is 18.2 Å². The smallest absolute Gasteiger partial charge is 0.239 e. The van der Waals surface area contributed by atoms with Gasteiger partial charge in [0, 0.05) is 11.1 Å². The van der Waals surface area contributed by atoms with Crippen molar-refractivity contribution in [1.29, 1.82) is 0 Å². The number of benzene rings is 2. The summed E-state index contributed by atoms with van der Waals surface area (Å²) in [7, 11) is -4.00. The fourth-order valence-electron chi connectivity index (χ4n) is 2.27. The molecule has 0 atom stereocenters. The molecule has 0 aliphatic rings. The molecule has 0 radical (unpaired) electrons. The van der Waals surface area contributed by atoms with Crippen LogP contribution < -0.4 is 9.88 Å². The first-order valence-electron chi connectivity index (χ1n) is 7.93. The van der Waals surface area contributed by atoms with Crippen molar-refractivity contribution in [1.82, 2.24) is 0 Å². The third kappa shape index (κ3) is 5.29. The second-order valence-electron chi connectivity index (χ2n) is 5.60. The Hall–Kier alpha value is -1.89. The number of ether oxygens (including phenoxy) is 1. The van der Waals surface area contributed by atoms with Gasteiger partial charge in [-0.2, -0.15) is 0 Å². The summed E-state index contributed by atoms with van der Waals surface area (Å²) >= 11 is 5.84. The summed E-state index contributed by atoms with van der Waals surface area (Å²) in [6.45, 7) is 2.76. The first-order chi connectivity index (χ1) is 11.8. The van der Waals surface area contributed by atoms with Gasteiger partial charge in [-0.25, -0.2) is 13.6 Å². The van der Waals surface area contributed by atoms with Gasteiger partial charge < -0.3 is 4.74 Å². The summed E-state index contributed by atoms with van der Waals surface area (Å²) in [4.78, 5) is 12.3. The van der Waals surface area contributed by atoms with E-state index < -0.39 is 10.0 Å². The molecule has 0 heterocycles. The summed E-state index contributed by atoms with van der Waals surface area (Å²) < 4.78 is 28.6. The van der Waals surface area contributed by atoms with E-state index in [0.717, 1.165) is 19.3 Å². The van der Waals surface area contributed by atoms with Crippen molar-refractivity contribution in [3.05, 3.63) is 58.6 Å². The van der Waals surface area contributed by atoms with Crippen molar-refractivity contribution in [3.63, 3.8) is 0 Å². The second-order valence-corrected chi connectivity index (χ2v) is 7.54. The lowest BCUT2D eigenvalue weighted by atomic mass is 10.0. The van der Waals surface area contributed by atoms with Crippen LogP contribution in [0.15, 0.2) is 47.4 Å². The zero-order chi connectivity index (χ0) is 18.4. The van der Waals surface area contributed by atoms with Crippen LogP contribution in [0.3, 0.4) is 0 Å². The molecule has 5 nitrogen and oxygen atoms in total. The number of carbonyl (C=O) groups is 1. The number of hydrogen-bond acceptors (Lipinski definition) is 4. The summed E-state index contributed by atoms with van der Waals surface area (Å²) in [6.07, 6.45) is 3.22. The Bertz CT molecular complexity index is 848. The van der Waals surface area contributed by atoms with Crippen LogP contribution >= 0.6 is 11.6 Å². The van der Waals surface area contributed by atoms with Gasteiger partial charge in [0.25, 0.3) is 0 Å². The highest BCUT2D eigenvalue weighted by molar-refractivity contribution is 7.89. The topological polar surface area (TPSA) is 86.5 Å². The van der Waals surface area contributed by atoms with Gasteiger partial charge >= 0.3 is 0 Å². The molecule has 0 aromatic heterocycles. The zero-order valence-electron chi connectivity index (χ0n) is 13.9. The van der Waals surface area contributed by atoms with Crippen molar-refractivity contribution in [2.45, 2.75) is 31.1 Å². The van der Waals surface area contributed by atoms with Crippen LogP contribution in [0, 0.1) is 0 Å². The van der Waals surface area contributed by atoms with Gasteiger partial charge in [-0.3, -0.25) is 4.79 Å². The number of halogens is 1. The summed E-state index contributed by atoms with van der Waals surface area (Å²) in [6, 6.07) is 10.7. The molecule has 0 spiro atoms. The average molecular weight is 382 g/mol. The van der Waals surface area contributed by atoms with Crippen molar-refractivity contribution >= 4 is 27.4 Å². The van der Waals surface area contributed by atoms with E-state index >= 15 is 0 Å². The maximum Gasteiger partial charge on any atom is 0.239 e. The molecule has 134 valence electrons. The molecule has 0 bridgehead atoms. The first-order valence-corrected chi connectivity index (χ1v) is 9.85. The summed E-state index contributed by atoms with van der Waals surface area (Å²) in [5.41, 5.74) is 0.619. The predicted octanol–water partition coefficient (Wildman–Crippen LogP) is 3.79. The number of sulfonamides is 1.